The highest BCUT2D eigenvalue weighted by atomic mass is 35.5. The summed E-state index contributed by atoms with van der Waals surface area (Å²) in [5.74, 6) is -0.492. The van der Waals surface area contributed by atoms with E-state index >= 15 is 0 Å². The lowest BCUT2D eigenvalue weighted by molar-refractivity contribution is -0.117. The number of benzene rings is 2. The molecule has 0 aliphatic carbocycles. The third kappa shape index (κ3) is 3.75. The number of amides is 1. The summed E-state index contributed by atoms with van der Waals surface area (Å²) in [6.45, 7) is 1.82. The van der Waals surface area contributed by atoms with Crippen LogP contribution in [0.2, 0.25) is 10.0 Å². The van der Waals surface area contributed by atoms with E-state index in [0.29, 0.717) is 10.6 Å². The second-order valence-electron chi connectivity index (χ2n) is 4.55. The average molecular weight is 351 g/mol. The van der Waals surface area contributed by atoms with Crippen LogP contribution >= 0.6 is 35.0 Å². The minimum atomic E-state index is -0.316. The first-order chi connectivity index (χ1) is 10.5. The van der Waals surface area contributed by atoms with Crippen LogP contribution in [0.3, 0.4) is 0 Å². The Kier molecular flexibility index (Phi) is 5.73. The lowest BCUT2D eigenvalue weighted by atomic mass is 10.0. The Morgan fingerprint density at radius 2 is 1.86 bits per heavy atom. The number of nitrogens with zero attached hydrogens (tertiary/aromatic N) is 1. The van der Waals surface area contributed by atoms with Crippen LogP contribution in [0.1, 0.15) is 18.4 Å². The molecule has 1 amide bonds. The summed E-state index contributed by atoms with van der Waals surface area (Å²) in [5, 5.41) is 13.9. The van der Waals surface area contributed by atoms with Crippen molar-refractivity contribution in [1.82, 2.24) is 0 Å². The van der Waals surface area contributed by atoms with Crippen LogP contribution in [-0.4, -0.2) is 5.91 Å². The minimum absolute atomic E-state index is 0.176. The molecule has 6 heteroatoms. The summed E-state index contributed by atoms with van der Waals surface area (Å²) in [6, 6.07) is 12.8. The number of rotatable bonds is 4. The van der Waals surface area contributed by atoms with Crippen LogP contribution in [-0.2, 0) is 4.79 Å². The standard InChI is InChI=1S/C16H12Cl2N2OS/c1-10(11-5-3-2-4-6-11)16(21)20-12-7-8-13(22-9-19)15(18)14(12)17/h2-8,10H,1H3,(H,20,21)/t10-/m0/s1. The first-order valence-corrected chi connectivity index (χ1v) is 8.01. The molecular weight excluding hydrogens is 339 g/mol. The normalized spacial score (nSPS) is 11.5. The van der Waals surface area contributed by atoms with Gasteiger partial charge < -0.3 is 5.32 Å². The van der Waals surface area contributed by atoms with Crippen LogP contribution in [0.15, 0.2) is 47.4 Å². The summed E-state index contributed by atoms with van der Waals surface area (Å²) in [4.78, 5) is 12.9. The van der Waals surface area contributed by atoms with E-state index in [1.807, 2.05) is 42.7 Å². The van der Waals surface area contributed by atoms with Crippen molar-refractivity contribution in [2.45, 2.75) is 17.7 Å². The average Bonchev–Trinajstić information content (AvgIpc) is 2.54. The molecule has 2 aromatic rings. The highest BCUT2D eigenvalue weighted by molar-refractivity contribution is 8.03. The number of carbonyl (C=O) groups excluding carboxylic acids is 1. The van der Waals surface area contributed by atoms with Gasteiger partial charge in [-0.15, -0.1) is 0 Å². The molecule has 0 bridgehead atoms. The Hall–Kier alpha value is -1.67. The van der Waals surface area contributed by atoms with Crippen LogP contribution in [0.25, 0.3) is 0 Å². The van der Waals surface area contributed by atoms with Gasteiger partial charge in [-0.3, -0.25) is 4.79 Å². The van der Waals surface area contributed by atoms with Gasteiger partial charge in [0.05, 0.1) is 21.7 Å². The number of thioether (sulfide) groups is 1. The Labute approximate surface area is 143 Å². The van der Waals surface area contributed by atoms with Gasteiger partial charge in [-0.2, -0.15) is 5.26 Å². The number of nitrogens with one attached hydrogen (secondary N) is 1. The van der Waals surface area contributed by atoms with Crippen molar-refractivity contribution in [3.63, 3.8) is 0 Å². The van der Waals surface area contributed by atoms with Crippen molar-refractivity contribution in [3.8, 4) is 5.40 Å². The van der Waals surface area contributed by atoms with E-state index in [0.717, 1.165) is 17.3 Å². The number of hydrogen-bond donors (Lipinski definition) is 1. The fourth-order valence-corrected chi connectivity index (χ4v) is 2.87. The molecule has 0 aromatic heterocycles. The van der Waals surface area contributed by atoms with Crippen molar-refractivity contribution >= 4 is 46.6 Å². The Morgan fingerprint density at radius 1 is 1.18 bits per heavy atom. The molecular formula is C16H12Cl2N2OS. The maximum Gasteiger partial charge on any atom is 0.231 e. The van der Waals surface area contributed by atoms with E-state index in [2.05, 4.69) is 5.32 Å². The quantitative estimate of drug-likeness (QED) is 0.600. The number of hydrogen-bond acceptors (Lipinski definition) is 3. The molecule has 0 saturated carbocycles. The number of halogens is 2. The Balaban J connectivity index is 2.19. The lowest BCUT2D eigenvalue weighted by Gasteiger charge is -2.14. The van der Waals surface area contributed by atoms with Gasteiger partial charge in [0.2, 0.25) is 5.91 Å². The summed E-state index contributed by atoms with van der Waals surface area (Å²) in [6.07, 6.45) is 0. The zero-order valence-electron chi connectivity index (χ0n) is 11.6. The Morgan fingerprint density at radius 3 is 2.50 bits per heavy atom. The predicted octanol–water partition coefficient (Wildman–Crippen LogP) is 5.31. The molecule has 3 nitrogen and oxygen atoms in total. The van der Waals surface area contributed by atoms with Crippen molar-refractivity contribution < 1.29 is 4.79 Å². The summed E-state index contributed by atoms with van der Waals surface area (Å²) in [7, 11) is 0. The monoisotopic (exact) mass is 350 g/mol. The van der Waals surface area contributed by atoms with Gasteiger partial charge >= 0.3 is 0 Å². The first kappa shape index (κ1) is 16.7. The zero-order chi connectivity index (χ0) is 16.1. The van der Waals surface area contributed by atoms with Crippen molar-refractivity contribution in [1.29, 1.82) is 5.26 Å². The summed E-state index contributed by atoms with van der Waals surface area (Å²) < 4.78 is 0. The maximum absolute atomic E-state index is 12.3. The highest BCUT2D eigenvalue weighted by Crippen LogP contribution is 2.38. The number of thiocyanates is 1. The van der Waals surface area contributed by atoms with Gasteiger partial charge in [-0.1, -0.05) is 53.5 Å². The SMILES string of the molecule is C[C@H](C(=O)Nc1ccc(SC#N)c(Cl)c1Cl)c1ccccc1. The molecule has 1 atom stereocenters. The number of nitriles is 1. The molecule has 0 saturated heterocycles. The molecule has 0 heterocycles. The second-order valence-corrected chi connectivity index (χ2v) is 6.14. The van der Waals surface area contributed by atoms with Crippen molar-refractivity contribution in [2.24, 2.45) is 0 Å². The van der Waals surface area contributed by atoms with Crippen molar-refractivity contribution in [2.75, 3.05) is 5.32 Å². The van der Waals surface area contributed by atoms with E-state index in [1.165, 1.54) is 0 Å². The number of carbonyl (C=O) groups is 1. The second kappa shape index (κ2) is 7.55. The number of anilines is 1. The molecule has 0 aliphatic heterocycles. The van der Waals surface area contributed by atoms with Gasteiger partial charge in [-0.25, -0.2) is 0 Å². The van der Waals surface area contributed by atoms with E-state index < -0.39 is 0 Å². The fourth-order valence-electron chi connectivity index (χ4n) is 1.89. The van der Waals surface area contributed by atoms with Crippen molar-refractivity contribution in [3.05, 3.63) is 58.1 Å². The zero-order valence-corrected chi connectivity index (χ0v) is 14.0. The molecule has 22 heavy (non-hydrogen) atoms. The molecule has 0 radical (unpaired) electrons. The molecule has 0 spiro atoms. The summed E-state index contributed by atoms with van der Waals surface area (Å²) >= 11 is 13.2. The lowest BCUT2D eigenvalue weighted by Crippen LogP contribution is -2.19. The van der Waals surface area contributed by atoms with E-state index in [9.17, 15) is 4.79 Å². The third-order valence-electron chi connectivity index (χ3n) is 3.15. The van der Waals surface area contributed by atoms with E-state index in [-0.39, 0.29) is 21.9 Å². The van der Waals surface area contributed by atoms with Crippen LogP contribution < -0.4 is 5.32 Å². The largest absolute Gasteiger partial charge is 0.324 e. The maximum atomic E-state index is 12.3. The molecule has 112 valence electrons. The van der Waals surface area contributed by atoms with Gasteiger partial charge in [0.1, 0.15) is 5.40 Å². The highest BCUT2D eigenvalue weighted by Gasteiger charge is 2.18. The van der Waals surface area contributed by atoms with Gasteiger partial charge in [0, 0.05) is 4.90 Å². The predicted molar refractivity (Wildman–Crippen MR) is 91.4 cm³/mol. The van der Waals surface area contributed by atoms with Gasteiger partial charge in [-0.05, 0) is 36.4 Å². The van der Waals surface area contributed by atoms with Gasteiger partial charge in [0.15, 0.2) is 0 Å². The first-order valence-electron chi connectivity index (χ1n) is 6.44. The third-order valence-corrected chi connectivity index (χ3v) is 4.80. The van der Waals surface area contributed by atoms with Crippen LogP contribution in [0, 0.1) is 10.7 Å². The molecule has 0 fully saturated rings. The topological polar surface area (TPSA) is 52.9 Å². The molecule has 0 unspecified atom stereocenters. The molecule has 0 aliphatic rings. The Bertz CT molecular complexity index is 729. The minimum Gasteiger partial charge on any atom is -0.324 e. The van der Waals surface area contributed by atoms with Crippen LogP contribution in [0.5, 0.6) is 0 Å². The fraction of sp³-hybridized carbons (Fsp3) is 0.125. The van der Waals surface area contributed by atoms with Crippen LogP contribution in [0.4, 0.5) is 5.69 Å². The molecule has 2 rings (SSSR count). The summed E-state index contributed by atoms with van der Waals surface area (Å²) in [5.41, 5.74) is 1.35. The molecule has 2 aromatic carbocycles. The van der Waals surface area contributed by atoms with Gasteiger partial charge in [0.25, 0.3) is 0 Å². The van der Waals surface area contributed by atoms with E-state index in [1.54, 1.807) is 12.1 Å². The smallest absolute Gasteiger partial charge is 0.231 e. The van der Waals surface area contributed by atoms with E-state index in [4.69, 9.17) is 28.5 Å². The molecule has 1 N–H and O–H groups in total.